The highest BCUT2D eigenvalue weighted by molar-refractivity contribution is 8.27. The fourth-order valence-corrected chi connectivity index (χ4v) is 4.81. The van der Waals surface area contributed by atoms with Crippen LogP contribution in [-0.4, -0.2) is 53.9 Å². The summed E-state index contributed by atoms with van der Waals surface area (Å²) in [6, 6.07) is 22.4. The van der Waals surface area contributed by atoms with Gasteiger partial charge >= 0.3 is 0 Å². The Hall–Kier alpha value is -4.83. The Kier molecular flexibility index (Phi) is 8.80. The summed E-state index contributed by atoms with van der Waals surface area (Å²) in [7, 11) is 1.61. The zero-order valence-electron chi connectivity index (χ0n) is 22.4. The average Bonchev–Trinajstić information content (AvgIpc) is 3.41. The highest BCUT2D eigenvalue weighted by Crippen LogP contribution is 2.30. The summed E-state index contributed by atoms with van der Waals surface area (Å²) in [5.41, 5.74) is 1.98. The second-order valence-corrected chi connectivity index (χ2v) is 9.90. The summed E-state index contributed by atoms with van der Waals surface area (Å²) in [5, 5.41) is 15.3. The Morgan fingerprint density at radius 1 is 0.951 bits per heavy atom. The van der Waals surface area contributed by atoms with E-state index in [0.717, 1.165) is 17.5 Å². The molecule has 2 heterocycles. The Morgan fingerprint density at radius 2 is 1.71 bits per heavy atom. The first-order valence-corrected chi connectivity index (χ1v) is 13.7. The number of carbonyl (C=O) groups is 1. The largest absolute Gasteiger partial charge is 0.493 e. The second kappa shape index (κ2) is 13.0. The lowest BCUT2D eigenvalue weighted by Gasteiger charge is -2.20. The number of methoxy groups -OCH3 is 1. The van der Waals surface area contributed by atoms with Crippen molar-refractivity contribution in [2.45, 2.75) is 6.42 Å². The fourth-order valence-electron chi connectivity index (χ4n) is 4.01. The van der Waals surface area contributed by atoms with E-state index in [4.69, 9.17) is 24.4 Å². The number of rotatable bonds is 12. The van der Waals surface area contributed by atoms with Gasteiger partial charge in [-0.3, -0.25) is 10.2 Å². The van der Waals surface area contributed by atoms with Gasteiger partial charge in [0, 0.05) is 0 Å². The molecule has 3 aromatic rings. The van der Waals surface area contributed by atoms with E-state index in [-0.39, 0.29) is 18.0 Å². The zero-order chi connectivity index (χ0) is 28.6. The summed E-state index contributed by atoms with van der Waals surface area (Å²) >= 11 is 1.22. The monoisotopic (exact) mass is 568 g/mol. The molecular formula is C31H28N4O5S. The quantitative estimate of drug-likeness (QED) is 0.173. The molecule has 5 rings (SSSR count). The Labute approximate surface area is 242 Å². The van der Waals surface area contributed by atoms with Gasteiger partial charge in [0.2, 0.25) is 5.17 Å². The molecule has 0 aromatic heterocycles. The Morgan fingerprint density at radius 3 is 2.46 bits per heavy atom. The van der Waals surface area contributed by atoms with Gasteiger partial charge in [0.1, 0.15) is 36.4 Å². The molecule has 3 aromatic carbocycles. The van der Waals surface area contributed by atoms with Gasteiger partial charge in [-0.05, 0) is 71.8 Å². The van der Waals surface area contributed by atoms with Crippen molar-refractivity contribution in [1.29, 1.82) is 5.41 Å². The minimum absolute atomic E-state index is 0.0346. The van der Waals surface area contributed by atoms with Crippen LogP contribution in [0.5, 0.6) is 23.0 Å². The molecule has 10 heteroatoms. The van der Waals surface area contributed by atoms with Gasteiger partial charge < -0.3 is 18.9 Å². The van der Waals surface area contributed by atoms with Crippen LogP contribution in [-0.2, 0) is 11.2 Å². The van der Waals surface area contributed by atoms with Gasteiger partial charge in [-0.25, -0.2) is 0 Å². The van der Waals surface area contributed by atoms with Crippen LogP contribution in [0.3, 0.4) is 0 Å². The number of ether oxygens (including phenoxy) is 4. The van der Waals surface area contributed by atoms with Crippen molar-refractivity contribution >= 4 is 39.8 Å². The molecule has 0 radical (unpaired) electrons. The molecule has 2 aliphatic rings. The van der Waals surface area contributed by atoms with Gasteiger partial charge in [-0.2, -0.15) is 15.1 Å². The molecule has 0 bridgehead atoms. The van der Waals surface area contributed by atoms with E-state index in [9.17, 15) is 4.79 Å². The Bertz CT molecular complexity index is 1530. The van der Waals surface area contributed by atoms with Gasteiger partial charge in [-0.15, -0.1) is 6.58 Å². The highest BCUT2D eigenvalue weighted by Gasteiger charge is 2.35. The number of hydrogen-bond donors (Lipinski definition) is 1. The Balaban J connectivity index is 1.15. The smallest absolute Gasteiger partial charge is 0.283 e. The molecule has 0 spiro atoms. The molecule has 41 heavy (non-hydrogen) atoms. The van der Waals surface area contributed by atoms with Crippen molar-refractivity contribution < 1.29 is 23.7 Å². The number of amides is 1. The van der Waals surface area contributed by atoms with E-state index >= 15 is 0 Å². The van der Waals surface area contributed by atoms with Crippen molar-refractivity contribution in [3.05, 3.63) is 102 Å². The number of carbonyl (C=O) groups excluding carboxylic acids is 1. The maximum atomic E-state index is 12.7. The van der Waals surface area contributed by atoms with Gasteiger partial charge in [0.05, 0.1) is 12.7 Å². The zero-order valence-corrected chi connectivity index (χ0v) is 23.2. The lowest BCUT2D eigenvalue weighted by molar-refractivity contribution is -0.114. The van der Waals surface area contributed by atoms with Crippen molar-refractivity contribution in [1.82, 2.24) is 5.01 Å². The van der Waals surface area contributed by atoms with Crippen LogP contribution in [0.25, 0.3) is 6.08 Å². The van der Waals surface area contributed by atoms with Crippen LogP contribution in [0.1, 0.15) is 11.1 Å². The number of thioether (sulfide) groups is 1. The number of nitrogens with zero attached hydrogens (tertiary/aromatic N) is 3. The van der Waals surface area contributed by atoms with E-state index in [0.29, 0.717) is 46.4 Å². The summed E-state index contributed by atoms with van der Waals surface area (Å²) in [6.07, 6.45) is 4.22. The molecule has 9 nitrogen and oxygen atoms in total. The fraction of sp³-hybridized carbons (Fsp3) is 0.161. The van der Waals surface area contributed by atoms with E-state index in [1.54, 1.807) is 25.3 Å². The van der Waals surface area contributed by atoms with Gasteiger partial charge in [0.15, 0.2) is 17.3 Å². The number of allylic oxidation sites excluding steroid dienone is 1. The first-order valence-electron chi connectivity index (χ1n) is 12.8. The maximum Gasteiger partial charge on any atom is 0.283 e. The average molecular weight is 569 g/mol. The molecule has 0 saturated heterocycles. The number of para-hydroxylation sites is 1. The van der Waals surface area contributed by atoms with Crippen LogP contribution < -0.4 is 18.9 Å². The third-order valence-corrected chi connectivity index (χ3v) is 6.89. The van der Waals surface area contributed by atoms with Crippen LogP contribution in [0.15, 0.2) is 101 Å². The topological polar surface area (TPSA) is 106 Å². The third kappa shape index (κ3) is 6.85. The molecule has 1 N–H and O–H groups in total. The molecule has 0 unspecified atom stereocenters. The number of fused-ring (bicyclic) bond motifs is 1. The molecule has 0 aliphatic carbocycles. The number of nitrogens with one attached hydrogen (secondary N) is 1. The summed E-state index contributed by atoms with van der Waals surface area (Å²) < 4.78 is 22.8. The normalized spacial score (nSPS) is 15.2. The van der Waals surface area contributed by atoms with Crippen LogP contribution in [0.2, 0.25) is 0 Å². The van der Waals surface area contributed by atoms with E-state index < -0.39 is 5.91 Å². The predicted octanol–water partition coefficient (Wildman–Crippen LogP) is 5.58. The highest BCUT2D eigenvalue weighted by atomic mass is 32.2. The third-order valence-electron chi connectivity index (χ3n) is 6.01. The van der Waals surface area contributed by atoms with Gasteiger partial charge in [-0.1, -0.05) is 42.5 Å². The van der Waals surface area contributed by atoms with Crippen molar-refractivity contribution in [3.63, 3.8) is 0 Å². The second-order valence-electron chi connectivity index (χ2n) is 8.86. The van der Waals surface area contributed by atoms with Crippen molar-refractivity contribution in [2.24, 2.45) is 10.1 Å². The minimum atomic E-state index is -0.486. The van der Waals surface area contributed by atoms with E-state index in [2.05, 4.69) is 16.7 Å². The molecule has 0 fully saturated rings. The van der Waals surface area contributed by atoms with Crippen LogP contribution >= 0.6 is 11.8 Å². The molecule has 208 valence electrons. The molecule has 0 saturated carbocycles. The summed E-state index contributed by atoms with van der Waals surface area (Å²) in [4.78, 5) is 16.9. The van der Waals surface area contributed by atoms with Gasteiger partial charge in [0.25, 0.3) is 5.91 Å². The maximum absolute atomic E-state index is 12.7. The van der Waals surface area contributed by atoms with Crippen molar-refractivity contribution in [3.8, 4) is 23.0 Å². The SMILES string of the molecule is C=CCc1ccc(OCCOc2ccc(/C=C3\C(=N)N4N=C(COc5ccccc5)SC4=NC3=O)cc2)c(OC)c1. The number of aliphatic imine (C=N–C) groups is 1. The molecule has 0 atom stereocenters. The van der Waals surface area contributed by atoms with E-state index in [1.807, 2.05) is 66.7 Å². The number of hydrazone groups is 1. The lowest BCUT2D eigenvalue weighted by atomic mass is 10.1. The van der Waals surface area contributed by atoms with Crippen LogP contribution in [0, 0.1) is 5.41 Å². The molecule has 1 amide bonds. The van der Waals surface area contributed by atoms with E-state index in [1.165, 1.54) is 16.8 Å². The standard InChI is InChI=1S/C31H28N4O5S/c1-3-7-21-12-15-26(27(19-21)37-2)39-17-16-38-24-13-10-22(11-14-24)18-25-29(32)35-31(33-30(25)36)41-28(34-35)20-40-23-8-5-4-6-9-23/h3-6,8-15,18-19,32H,1,7,16-17,20H2,2H3/b25-18+,32-29?. The lowest BCUT2D eigenvalue weighted by Crippen LogP contribution is -2.35. The number of benzene rings is 3. The number of amidine groups is 2. The predicted molar refractivity (Wildman–Crippen MR) is 161 cm³/mol. The molecular weight excluding hydrogens is 540 g/mol. The van der Waals surface area contributed by atoms with Crippen molar-refractivity contribution in [2.75, 3.05) is 26.9 Å². The minimum Gasteiger partial charge on any atom is -0.493 e. The van der Waals surface area contributed by atoms with Crippen LogP contribution in [0.4, 0.5) is 0 Å². The summed E-state index contributed by atoms with van der Waals surface area (Å²) in [5.74, 6) is 2.15. The molecule has 2 aliphatic heterocycles. The first-order chi connectivity index (χ1) is 20.0. The number of hydrogen-bond acceptors (Lipinski definition) is 8. The summed E-state index contributed by atoms with van der Waals surface area (Å²) in [6.45, 7) is 4.64. The first kappa shape index (κ1) is 27.7.